The number of hydrogen-bond donors (Lipinski definition) is 1. The van der Waals surface area contributed by atoms with Crippen LogP contribution in [-0.4, -0.2) is 43.7 Å². The maximum atomic E-state index is 5.91. The molecular weight excluding hydrogens is 338 g/mol. The average Bonchev–Trinajstić information content (AvgIpc) is 2.72. The van der Waals surface area contributed by atoms with Crippen LogP contribution < -0.4 is 14.8 Å². The van der Waals surface area contributed by atoms with Crippen LogP contribution in [0.25, 0.3) is 0 Å². The molecule has 2 heterocycles. The van der Waals surface area contributed by atoms with Gasteiger partial charge in [-0.1, -0.05) is 6.07 Å². The standard InChI is InChI=1S/C22H31N3O2/c1-25-13-8-18(9-14-25)5-12-24-16-20-3-4-21(22(15-20)26-2)27-17-19-6-10-23-11-7-19/h3-4,6-7,10-11,15,18,24H,5,8-9,12-14,16-17H2,1-2H3. The number of benzene rings is 1. The highest BCUT2D eigenvalue weighted by molar-refractivity contribution is 5.43. The van der Waals surface area contributed by atoms with Crippen molar-refractivity contribution >= 4 is 0 Å². The van der Waals surface area contributed by atoms with Gasteiger partial charge in [0, 0.05) is 18.9 Å². The van der Waals surface area contributed by atoms with E-state index in [4.69, 9.17) is 9.47 Å². The molecule has 0 unspecified atom stereocenters. The molecule has 5 nitrogen and oxygen atoms in total. The third-order valence-electron chi connectivity index (χ3n) is 5.27. The highest BCUT2D eigenvalue weighted by atomic mass is 16.5. The van der Waals surface area contributed by atoms with E-state index in [1.165, 1.54) is 37.9 Å². The highest BCUT2D eigenvalue weighted by Gasteiger charge is 2.15. The third kappa shape index (κ3) is 6.22. The highest BCUT2D eigenvalue weighted by Crippen LogP contribution is 2.29. The van der Waals surface area contributed by atoms with Crippen molar-refractivity contribution in [3.63, 3.8) is 0 Å². The summed E-state index contributed by atoms with van der Waals surface area (Å²) in [4.78, 5) is 6.45. The number of nitrogens with one attached hydrogen (secondary N) is 1. The normalized spacial score (nSPS) is 15.6. The van der Waals surface area contributed by atoms with Crippen molar-refractivity contribution in [2.45, 2.75) is 32.4 Å². The van der Waals surface area contributed by atoms with Crippen LogP contribution in [0.4, 0.5) is 0 Å². The van der Waals surface area contributed by atoms with E-state index in [2.05, 4.69) is 34.4 Å². The van der Waals surface area contributed by atoms with Gasteiger partial charge in [-0.25, -0.2) is 0 Å². The van der Waals surface area contributed by atoms with Crippen molar-refractivity contribution in [3.8, 4) is 11.5 Å². The van der Waals surface area contributed by atoms with Crippen LogP contribution in [0.1, 0.15) is 30.4 Å². The fraction of sp³-hybridized carbons (Fsp3) is 0.500. The van der Waals surface area contributed by atoms with E-state index in [-0.39, 0.29) is 0 Å². The Hall–Kier alpha value is -2.11. The maximum Gasteiger partial charge on any atom is 0.161 e. The number of ether oxygens (including phenoxy) is 2. The van der Waals surface area contributed by atoms with E-state index in [0.717, 1.165) is 36.1 Å². The second kappa shape index (κ2) is 10.3. The minimum atomic E-state index is 0.507. The first-order valence-electron chi connectivity index (χ1n) is 9.82. The zero-order chi connectivity index (χ0) is 18.9. The number of pyridine rings is 1. The predicted molar refractivity (Wildman–Crippen MR) is 108 cm³/mol. The molecule has 1 N–H and O–H groups in total. The Bertz CT molecular complexity index is 685. The number of nitrogens with zero attached hydrogens (tertiary/aromatic N) is 2. The Morgan fingerprint density at radius 1 is 1.07 bits per heavy atom. The van der Waals surface area contributed by atoms with Gasteiger partial charge < -0.3 is 19.7 Å². The summed E-state index contributed by atoms with van der Waals surface area (Å²) < 4.78 is 11.4. The summed E-state index contributed by atoms with van der Waals surface area (Å²) in [6, 6.07) is 10.1. The van der Waals surface area contributed by atoms with E-state index in [1.54, 1.807) is 19.5 Å². The summed E-state index contributed by atoms with van der Waals surface area (Å²) in [5, 5.41) is 3.57. The van der Waals surface area contributed by atoms with Gasteiger partial charge in [0.25, 0.3) is 0 Å². The molecule has 0 amide bonds. The van der Waals surface area contributed by atoms with Gasteiger partial charge in [-0.15, -0.1) is 0 Å². The summed E-state index contributed by atoms with van der Waals surface area (Å²) in [5.41, 5.74) is 2.30. The number of methoxy groups -OCH3 is 1. The third-order valence-corrected chi connectivity index (χ3v) is 5.27. The van der Waals surface area contributed by atoms with E-state index >= 15 is 0 Å². The Kier molecular flexibility index (Phi) is 7.48. The van der Waals surface area contributed by atoms with Gasteiger partial charge in [0.05, 0.1) is 7.11 Å². The second-order valence-corrected chi connectivity index (χ2v) is 7.34. The fourth-order valence-electron chi connectivity index (χ4n) is 3.47. The van der Waals surface area contributed by atoms with Crippen molar-refractivity contribution in [1.82, 2.24) is 15.2 Å². The van der Waals surface area contributed by atoms with Crippen LogP contribution >= 0.6 is 0 Å². The number of rotatable bonds is 9. The molecule has 1 aliphatic rings. The SMILES string of the molecule is COc1cc(CNCCC2CCN(C)CC2)ccc1OCc1ccncc1. The van der Waals surface area contributed by atoms with Gasteiger partial charge in [0.2, 0.25) is 0 Å². The molecule has 1 aliphatic heterocycles. The van der Waals surface area contributed by atoms with E-state index in [9.17, 15) is 0 Å². The molecule has 0 spiro atoms. The lowest BCUT2D eigenvalue weighted by Crippen LogP contribution is -2.31. The molecule has 0 atom stereocenters. The number of piperidine rings is 1. The molecule has 27 heavy (non-hydrogen) atoms. The molecule has 5 heteroatoms. The maximum absolute atomic E-state index is 5.91. The summed E-state index contributed by atoms with van der Waals surface area (Å²) in [5.74, 6) is 2.41. The Labute approximate surface area is 162 Å². The Morgan fingerprint density at radius 2 is 1.85 bits per heavy atom. The molecule has 0 bridgehead atoms. The lowest BCUT2D eigenvalue weighted by atomic mass is 9.94. The minimum absolute atomic E-state index is 0.507. The van der Waals surface area contributed by atoms with Crippen LogP contribution in [0.15, 0.2) is 42.7 Å². The van der Waals surface area contributed by atoms with Gasteiger partial charge in [-0.3, -0.25) is 4.98 Å². The van der Waals surface area contributed by atoms with Gasteiger partial charge in [0.1, 0.15) is 6.61 Å². The molecular formula is C22H31N3O2. The van der Waals surface area contributed by atoms with Crippen molar-refractivity contribution in [3.05, 3.63) is 53.9 Å². The zero-order valence-corrected chi connectivity index (χ0v) is 16.5. The van der Waals surface area contributed by atoms with Crippen molar-refractivity contribution in [2.24, 2.45) is 5.92 Å². The number of likely N-dealkylation sites (tertiary alicyclic amines) is 1. The van der Waals surface area contributed by atoms with Gasteiger partial charge in [-0.05, 0) is 87.3 Å². The largest absolute Gasteiger partial charge is 0.493 e. The van der Waals surface area contributed by atoms with Crippen LogP contribution in [0.5, 0.6) is 11.5 Å². The second-order valence-electron chi connectivity index (χ2n) is 7.34. The molecule has 0 aliphatic carbocycles. The van der Waals surface area contributed by atoms with Crippen LogP contribution in [0.2, 0.25) is 0 Å². The number of aromatic nitrogens is 1. The first-order valence-corrected chi connectivity index (χ1v) is 9.82. The van der Waals surface area contributed by atoms with Gasteiger partial charge >= 0.3 is 0 Å². The predicted octanol–water partition coefficient (Wildman–Crippen LogP) is 3.49. The molecule has 1 fully saturated rings. The fourth-order valence-corrected chi connectivity index (χ4v) is 3.47. The van der Waals surface area contributed by atoms with Gasteiger partial charge in [-0.2, -0.15) is 0 Å². The molecule has 1 aromatic heterocycles. The summed E-state index contributed by atoms with van der Waals surface area (Å²) in [6.45, 7) is 4.91. The van der Waals surface area contributed by atoms with E-state index in [0.29, 0.717) is 6.61 Å². The monoisotopic (exact) mass is 369 g/mol. The summed E-state index contributed by atoms with van der Waals surface area (Å²) in [6.07, 6.45) is 7.47. The zero-order valence-electron chi connectivity index (χ0n) is 16.5. The van der Waals surface area contributed by atoms with Crippen molar-refractivity contribution in [2.75, 3.05) is 33.8 Å². The quantitative estimate of drug-likeness (QED) is 0.686. The lowest BCUT2D eigenvalue weighted by molar-refractivity contribution is 0.211. The summed E-state index contributed by atoms with van der Waals surface area (Å²) in [7, 11) is 3.90. The first kappa shape index (κ1) is 19.6. The first-order chi connectivity index (χ1) is 13.2. The lowest BCUT2D eigenvalue weighted by Gasteiger charge is -2.28. The topological polar surface area (TPSA) is 46.6 Å². The molecule has 146 valence electrons. The molecule has 1 aromatic carbocycles. The summed E-state index contributed by atoms with van der Waals surface area (Å²) >= 11 is 0. The van der Waals surface area contributed by atoms with Crippen LogP contribution in [0, 0.1) is 5.92 Å². The van der Waals surface area contributed by atoms with Gasteiger partial charge in [0.15, 0.2) is 11.5 Å². The molecule has 0 saturated carbocycles. The molecule has 0 radical (unpaired) electrons. The molecule has 3 rings (SSSR count). The smallest absolute Gasteiger partial charge is 0.161 e. The van der Waals surface area contributed by atoms with Crippen LogP contribution in [-0.2, 0) is 13.2 Å². The molecule has 2 aromatic rings. The Morgan fingerprint density at radius 3 is 2.59 bits per heavy atom. The average molecular weight is 370 g/mol. The Balaban J connectivity index is 1.44. The minimum Gasteiger partial charge on any atom is -0.493 e. The van der Waals surface area contributed by atoms with Crippen LogP contribution in [0.3, 0.4) is 0 Å². The molecule has 1 saturated heterocycles. The van der Waals surface area contributed by atoms with E-state index < -0.39 is 0 Å². The number of hydrogen-bond acceptors (Lipinski definition) is 5. The van der Waals surface area contributed by atoms with Crippen molar-refractivity contribution in [1.29, 1.82) is 0 Å². The van der Waals surface area contributed by atoms with Crippen molar-refractivity contribution < 1.29 is 9.47 Å². The van der Waals surface area contributed by atoms with E-state index in [1.807, 2.05) is 18.2 Å².